The number of benzene rings is 2. The lowest BCUT2D eigenvalue weighted by molar-refractivity contribution is -0.0498. The minimum Gasteiger partial charge on any atom is -0.435 e. The van der Waals surface area contributed by atoms with Crippen LogP contribution in [0, 0.1) is 6.92 Å². The number of alkyl halides is 2. The summed E-state index contributed by atoms with van der Waals surface area (Å²) in [5.74, 6) is -0.413. The van der Waals surface area contributed by atoms with E-state index in [0.29, 0.717) is 17.1 Å². The topological polar surface area (TPSA) is 86.9 Å². The van der Waals surface area contributed by atoms with E-state index >= 15 is 0 Å². The Balaban J connectivity index is 1.50. The Kier molecular flexibility index (Phi) is 5.21. The van der Waals surface area contributed by atoms with Crippen LogP contribution in [0.3, 0.4) is 0 Å². The Labute approximate surface area is 169 Å². The van der Waals surface area contributed by atoms with Crippen molar-refractivity contribution in [3.8, 4) is 17.1 Å². The monoisotopic (exact) mass is 410 g/mol. The molecule has 0 fully saturated rings. The van der Waals surface area contributed by atoms with Gasteiger partial charge in [-0.2, -0.15) is 13.9 Å². The molecule has 0 saturated carbocycles. The predicted molar refractivity (Wildman–Crippen MR) is 104 cm³/mol. The van der Waals surface area contributed by atoms with Gasteiger partial charge in [0.2, 0.25) is 0 Å². The van der Waals surface area contributed by atoms with Crippen LogP contribution in [-0.4, -0.2) is 37.3 Å². The molecule has 4 rings (SSSR count). The Morgan fingerprint density at radius 1 is 1.07 bits per heavy atom. The number of para-hydroxylation sites is 1. The van der Waals surface area contributed by atoms with E-state index in [9.17, 15) is 13.6 Å². The van der Waals surface area contributed by atoms with Crippen LogP contribution in [0.1, 0.15) is 16.2 Å². The van der Waals surface area contributed by atoms with Crippen molar-refractivity contribution in [2.75, 3.05) is 5.32 Å². The van der Waals surface area contributed by atoms with Gasteiger partial charge in [-0.05, 0) is 43.3 Å². The zero-order valence-corrected chi connectivity index (χ0v) is 15.7. The number of nitrogens with zero attached hydrogens (tertiary/aromatic N) is 5. The minimum absolute atomic E-state index is 0.0277. The summed E-state index contributed by atoms with van der Waals surface area (Å²) in [4.78, 5) is 12.6. The molecule has 1 N–H and O–H groups in total. The highest BCUT2D eigenvalue weighted by molar-refractivity contribution is 6.03. The van der Waals surface area contributed by atoms with Crippen LogP contribution in [0.15, 0.2) is 67.0 Å². The Morgan fingerprint density at radius 2 is 1.80 bits per heavy atom. The Hall–Kier alpha value is -4.08. The van der Waals surface area contributed by atoms with Crippen molar-refractivity contribution in [3.63, 3.8) is 0 Å². The first-order valence-electron chi connectivity index (χ1n) is 8.90. The SMILES string of the molecule is Cc1c(C(=O)Nc2cnn(-c3ccccc3)c2)nnn1-c1ccc(OC(F)F)cc1. The van der Waals surface area contributed by atoms with Crippen LogP contribution >= 0.6 is 0 Å². The highest BCUT2D eigenvalue weighted by Crippen LogP contribution is 2.19. The first kappa shape index (κ1) is 19.2. The van der Waals surface area contributed by atoms with Crippen LogP contribution in [0.4, 0.5) is 14.5 Å². The molecule has 2 aromatic heterocycles. The molecule has 1 amide bonds. The molecule has 0 spiro atoms. The van der Waals surface area contributed by atoms with Crippen LogP contribution in [0.5, 0.6) is 5.75 Å². The number of halogens is 2. The van der Waals surface area contributed by atoms with Crippen molar-refractivity contribution in [1.82, 2.24) is 24.8 Å². The maximum atomic E-state index is 12.6. The highest BCUT2D eigenvalue weighted by atomic mass is 19.3. The molecule has 0 aliphatic carbocycles. The quantitative estimate of drug-likeness (QED) is 0.525. The summed E-state index contributed by atoms with van der Waals surface area (Å²) in [5, 5.41) is 14.9. The molecule has 152 valence electrons. The van der Waals surface area contributed by atoms with E-state index in [1.165, 1.54) is 23.0 Å². The molecule has 0 saturated heterocycles. The van der Waals surface area contributed by atoms with Gasteiger partial charge in [-0.3, -0.25) is 4.79 Å². The number of carbonyl (C=O) groups is 1. The number of anilines is 1. The minimum atomic E-state index is -2.90. The van der Waals surface area contributed by atoms with Gasteiger partial charge in [0.25, 0.3) is 5.91 Å². The zero-order valence-electron chi connectivity index (χ0n) is 15.7. The molecule has 30 heavy (non-hydrogen) atoms. The summed E-state index contributed by atoms with van der Waals surface area (Å²) in [6, 6.07) is 15.3. The summed E-state index contributed by atoms with van der Waals surface area (Å²) in [7, 11) is 0. The van der Waals surface area contributed by atoms with Crippen LogP contribution in [0.25, 0.3) is 11.4 Å². The lowest BCUT2D eigenvalue weighted by Crippen LogP contribution is -2.13. The number of hydrogen-bond donors (Lipinski definition) is 1. The normalized spacial score (nSPS) is 10.9. The number of ether oxygens (including phenoxy) is 1. The second-order valence-corrected chi connectivity index (χ2v) is 6.27. The fourth-order valence-electron chi connectivity index (χ4n) is 2.85. The van der Waals surface area contributed by atoms with Gasteiger partial charge in [-0.1, -0.05) is 23.4 Å². The standard InChI is InChI=1S/C20H16F2N6O2/c1-13-18(25-26-28(13)16-7-9-17(10-8-16)30-20(21)22)19(29)24-14-11-23-27(12-14)15-5-3-2-4-6-15/h2-12,20H,1H3,(H,24,29). The molecule has 2 heterocycles. The van der Waals surface area contributed by atoms with E-state index in [4.69, 9.17) is 0 Å². The Bertz CT molecular complexity index is 1160. The van der Waals surface area contributed by atoms with Crippen molar-refractivity contribution in [1.29, 1.82) is 0 Å². The molecule has 0 aliphatic rings. The third-order valence-electron chi connectivity index (χ3n) is 4.28. The van der Waals surface area contributed by atoms with E-state index in [0.717, 1.165) is 5.69 Å². The van der Waals surface area contributed by atoms with E-state index < -0.39 is 12.5 Å². The predicted octanol–water partition coefficient (Wildman–Crippen LogP) is 3.62. The zero-order chi connectivity index (χ0) is 21.1. The van der Waals surface area contributed by atoms with Gasteiger partial charge in [-0.25, -0.2) is 9.36 Å². The molecule has 0 bridgehead atoms. The average molecular weight is 410 g/mol. The van der Waals surface area contributed by atoms with Gasteiger partial charge in [0.15, 0.2) is 5.69 Å². The Morgan fingerprint density at radius 3 is 2.50 bits per heavy atom. The molecule has 4 aromatic rings. The number of hydrogen-bond acceptors (Lipinski definition) is 5. The second-order valence-electron chi connectivity index (χ2n) is 6.27. The van der Waals surface area contributed by atoms with E-state index in [-0.39, 0.29) is 11.4 Å². The molecular formula is C20H16F2N6O2. The number of carbonyl (C=O) groups excluding carboxylic acids is 1. The molecule has 0 radical (unpaired) electrons. The van der Waals surface area contributed by atoms with E-state index in [1.54, 1.807) is 29.9 Å². The first-order chi connectivity index (χ1) is 14.5. The van der Waals surface area contributed by atoms with E-state index in [1.807, 2.05) is 30.3 Å². The molecular weight excluding hydrogens is 394 g/mol. The van der Waals surface area contributed by atoms with Crippen molar-refractivity contribution in [2.24, 2.45) is 0 Å². The van der Waals surface area contributed by atoms with Gasteiger partial charge < -0.3 is 10.1 Å². The van der Waals surface area contributed by atoms with Gasteiger partial charge in [-0.15, -0.1) is 5.10 Å². The molecule has 0 atom stereocenters. The van der Waals surface area contributed by atoms with Gasteiger partial charge in [0.1, 0.15) is 5.75 Å². The maximum absolute atomic E-state index is 12.6. The van der Waals surface area contributed by atoms with Gasteiger partial charge in [0.05, 0.1) is 35.1 Å². The van der Waals surface area contributed by atoms with Crippen LogP contribution in [-0.2, 0) is 0 Å². The molecule has 8 nitrogen and oxygen atoms in total. The van der Waals surface area contributed by atoms with Gasteiger partial charge >= 0.3 is 6.61 Å². The third kappa shape index (κ3) is 4.02. The largest absolute Gasteiger partial charge is 0.435 e. The van der Waals surface area contributed by atoms with E-state index in [2.05, 4.69) is 25.5 Å². The second kappa shape index (κ2) is 8.11. The smallest absolute Gasteiger partial charge is 0.387 e. The number of aromatic nitrogens is 5. The van der Waals surface area contributed by atoms with Crippen molar-refractivity contribution in [3.05, 3.63) is 78.4 Å². The molecule has 0 unspecified atom stereocenters. The van der Waals surface area contributed by atoms with Crippen molar-refractivity contribution < 1.29 is 18.3 Å². The summed E-state index contributed by atoms with van der Waals surface area (Å²) in [6.07, 6.45) is 3.22. The third-order valence-corrected chi connectivity index (χ3v) is 4.28. The molecule has 10 heteroatoms. The number of rotatable bonds is 6. The van der Waals surface area contributed by atoms with Crippen molar-refractivity contribution in [2.45, 2.75) is 13.5 Å². The number of nitrogens with one attached hydrogen (secondary N) is 1. The fourth-order valence-corrected chi connectivity index (χ4v) is 2.85. The summed E-state index contributed by atoms with van der Waals surface area (Å²) >= 11 is 0. The van der Waals surface area contributed by atoms with Crippen LogP contribution < -0.4 is 10.1 Å². The van der Waals surface area contributed by atoms with Crippen LogP contribution in [0.2, 0.25) is 0 Å². The van der Waals surface area contributed by atoms with Gasteiger partial charge in [0, 0.05) is 0 Å². The molecule has 2 aromatic carbocycles. The lowest BCUT2D eigenvalue weighted by atomic mass is 10.2. The summed E-state index contributed by atoms with van der Waals surface area (Å²) < 4.78 is 32.0. The number of amides is 1. The lowest BCUT2D eigenvalue weighted by Gasteiger charge is -2.07. The maximum Gasteiger partial charge on any atom is 0.387 e. The summed E-state index contributed by atoms with van der Waals surface area (Å²) in [5.41, 5.74) is 2.55. The van der Waals surface area contributed by atoms with Crippen molar-refractivity contribution >= 4 is 11.6 Å². The average Bonchev–Trinajstić information content (AvgIpc) is 3.36. The highest BCUT2D eigenvalue weighted by Gasteiger charge is 2.18. The fraction of sp³-hybridized carbons (Fsp3) is 0.100. The summed E-state index contributed by atoms with van der Waals surface area (Å²) in [6.45, 7) is -1.21. The first-order valence-corrected chi connectivity index (χ1v) is 8.90. The molecule has 0 aliphatic heterocycles.